The molecule has 2 N–H and O–H groups in total. The first-order valence-corrected chi connectivity index (χ1v) is 7.41. The van der Waals surface area contributed by atoms with Gasteiger partial charge in [0.2, 0.25) is 0 Å². The van der Waals surface area contributed by atoms with Crippen LogP contribution < -0.4 is 10.5 Å². The smallest absolute Gasteiger partial charge is 0.122 e. The molecule has 0 saturated carbocycles. The Morgan fingerprint density at radius 1 is 1.45 bits per heavy atom. The molecule has 0 spiro atoms. The number of hydrogen-bond acceptors (Lipinski definition) is 4. The standard InChI is InChI=1S/C16H26N2O2/c1-4-18(12(2)11-19-3)15(10-17)13-5-6-16-14(9-13)7-8-20-16/h5-6,9,12,15H,4,7-8,10-11,17H2,1-3H3. The lowest BCUT2D eigenvalue weighted by molar-refractivity contribution is 0.0751. The number of rotatable bonds is 7. The third kappa shape index (κ3) is 3.14. The fourth-order valence-electron chi connectivity index (χ4n) is 3.05. The lowest BCUT2D eigenvalue weighted by Crippen LogP contribution is -2.42. The zero-order valence-electron chi connectivity index (χ0n) is 12.8. The Bertz CT molecular complexity index is 436. The number of methoxy groups -OCH3 is 1. The molecule has 20 heavy (non-hydrogen) atoms. The summed E-state index contributed by atoms with van der Waals surface area (Å²) in [7, 11) is 1.74. The van der Waals surface area contributed by atoms with Crippen LogP contribution >= 0.6 is 0 Å². The molecule has 2 unspecified atom stereocenters. The van der Waals surface area contributed by atoms with E-state index in [1.807, 2.05) is 0 Å². The van der Waals surface area contributed by atoms with Gasteiger partial charge in [0.1, 0.15) is 5.75 Å². The van der Waals surface area contributed by atoms with E-state index in [4.69, 9.17) is 15.2 Å². The molecule has 1 aromatic rings. The van der Waals surface area contributed by atoms with Gasteiger partial charge in [0.05, 0.1) is 13.2 Å². The van der Waals surface area contributed by atoms with Crippen LogP contribution in [0.3, 0.4) is 0 Å². The van der Waals surface area contributed by atoms with Crippen LogP contribution in [0, 0.1) is 0 Å². The van der Waals surface area contributed by atoms with Crippen LogP contribution in [0.2, 0.25) is 0 Å². The van der Waals surface area contributed by atoms with Crippen LogP contribution in [0.5, 0.6) is 5.75 Å². The molecule has 4 heteroatoms. The first-order valence-electron chi connectivity index (χ1n) is 7.41. The van der Waals surface area contributed by atoms with E-state index in [0.29, 0.717) is 12.6 Å². The fourth-order valence-corrected chi connectivity index (χ4v) is 3.05. The number of benzene rings is 1. The van der Waals surface area contributed by atoms with Gasteiger partial charge in [-0.2, -0.15) is 0 Å². The largest absolute Gasteiger partial charge is 0.493 e. The van der Waals surface area contributed by atoms with Crippen molar-refractivity contribution >= 4 is 0 Å². The van der Waals surface area contributed by atoms with Gasteiger partial charge in [-0.05, 0) is 30.7 Å². The van der Waals surface area contributed by atoms with Gasteiger partial charge < -0.3 is 15.2 Å². The van der Waals surface area contributed by atoms with Gasteiger partial charge in [-0.3, -0.25) is 4.90 Å². The molecule has 0 radical (unpaired) electrons. The van der Waals surface area contributed by atoms with Crippen LogP contribution in [0.15, 0.2) is 18.2 Å². The Kier molecular flexibility index (Phi) is 5.40. The molecule has 0 aliphatic carbocycles. The van der Waals surface area contributed by atoms with Gasteiger partial charge in [-0.1, -0.05) is 19.1 Å². The van der Waals surface area contributed by atoms with Crippen molar-refractivity contribution in [1.82, 2.24) is 4.90 Å². The molecule has 0 fully saturated rings. The number of nitrogens with zero attached hydrogens (tertiary/aromatic N) is 1. The highest BCUT2D eigenvalue weighted by Crippen LogP contribution is 2.30. The van der Waals surface area contributed by atoms with E-state index < -0.39 is 0 Å². The molecule has 0 bridgehead atoms. The van der Waals surface area contributed by atoms with Gasteiger partial charge in [0.25, 0.3) is 0 Å². The monoisotopic (exact) mass is 278 g/mol. The summed E-state index contributed by atoms with van der Waals surface area (Å²) in [5, 5.41) is 0. The molecular formula is C16H26N2O2. The number of ether oxygens (including phenoxy) is 2. The Morgan fingerprint density at radius 3 is 2.90 bits per heavy atom. The molecule has 112 valence electrons. The molecule has 1 aliphatic rings. The summed E-state index contributed by atoms with van der Waals surface area (Å²) >= 11 is 0. The summed E-state index contributed by atoms with van der Waals surface area (Å²) in [6.45, 7) is 7.45. The summed E-state index contributed by atoms with van der Waals surface area (Å²) in [4.78, 5) is 2.40. The van der Waals surface area contributed by atoms with Gasteiger partial charge in [-0.25, -0.2) is 0 Å². The first-order chi connectivity index (χ1) is 9.71. The third-order valence-corrected chi connectivity index (χ3v) is 4.06. The molecule has 2 atom stereocenters. The second kappa shape index (κ2) is 7.07. The van der Waals surface area contributed by atoms with Crippen molar-refractivity contribution < 1.29 is 9.47 Å². The molecule has 2 rings (SSSR count). The number of nitrogens with two attached hydrogens (primary N) is 1. The van der Waals surface area contributed by atoms with E-state index in [-0.39, 0.29) is 6.04 Å². The maximum Gasteiger partial charge on any atom is 0.122 e. The van der Waals surface area contributed by atoms with Crippen molar-refractivity contribution in [1.29, 1.82) is 0 Å². The third-order valence-electron chi connectivity index (χ3n) is 4.06. The van der Waals surface area contributed by atoms with Crippen LogP contribution in [0.4, 0.5) is 0 Å². The number of hydrogen-bond donors (Lipinski definition) is 1. The van der Waals surface area contributed by atoms with E-state index in [1.165, 1.54) is 11.1 Å². The van der Waals surface area contributed by atoms with E-state index in [2.05, 4.69) is 36.9 Å². The van der Waals surface area contributed by atoms with E-state index in [1.54, 1.807) is 7.11 Å². The Hall–Kier alpha value is -1.10. The maximum absolute atomic E-state index is 6.05. The summed E-state index contributed by atoms with van der Waals surface area (Å²) in [6, 6.07) is 7.06. The highest BCUT2D eigenvalue weighted by atomic mass is 16.5. The topological polar surface area (TPSA) is 47.7 Å². The first kappa shape index (κ1) is 15.3. The van der Waals surface area contributed by atoms with Crippen LogP contribution in [0.1, 0.15) is 31.0 Å². The van der Waals surface area contributed by atoms with Crippen molar-refractivity contribution in [2.45, 2.75) is 32.4 Å². The normalized spacial score (nSPS) is 16.9. The second-order valence-electron chi connectivity index (χ2n) is 5.35. The quantitative estimate of drug-likeness (QED) is 0.828. The fraction of sp³-hybridized carbons (Fsp3) is 0.625. The molecule has 4 nitrogen and oxygen atoms in total. The van der Waals surface area contributed by atoms with Crippen molar-refractivity contribution in [3.8, 4) is 5.75 Å². The van der Waals surface area contributed by atoms with Crippen molar-refractivity contribution in [2.75, 3.05) is 33.4 Å². The number of fused-ring (bicyclic) bond motifs is 1. The minimum absolute atomic E-state index is 0.232. The average Bonchev–Trinajstić information content (AvgIpc) is 2.92. The lowest BCUT2D eigenvalue weighted by atomic mass is 10.00. The molecule has 1 aromatic carbocycles. The van der Waals surface area contributed by atoms with E-state index >= 15 is 0 Å². The summed E-state index contributed by atoms with van der Waals surface area (Å²) in [6.07, 6.45) is 1.00. The van der Waals surface area contributed by atoms with E-state index in [9.17, 15) is 0 Å². The minimum Gasteiger partial charge on any atom is -0.493 e. The molecule has 1 aliphatic heterocycles. The molecule has 0 saturated heterocycles. The maximum atomic E-state index is 6.05. The Labute approximate surface area is 121 Å². The van der Waals surface area contributed by atoms with E-state index in [0.717, 1.165) is 31.9 Å². The van der Waals surface area contributed by atoms with Gasteiger partial charge in [0.15, 0.2) is 0 Å². The zero-order chi connectivity index (χ0) is 14.5. The minimum atomic E-state index is 0.232. The summed E-state index contributed by atoms with van der Waals surface area (Å²) in [5.41, 5.74) is 8.63. The predicted molar refractivity (Wildman–Crippen MR) is 81.2 cm³/mol. The predicted octanol–water partition coefficient (Wildman–Crippen LogP) is 1.98. The van der Waals surface area contributed by atoms with Crippen molar-refractivity contribution in [3.05, 3.63) is 29.3 Å². The van der Waals surface area contributed by atoms with Crippen molar-refractivity contribution in [2.24, 2.45) is 5.73 Å². The number of likely N-dealkylation sites (N-methyl/N-ethyl adjacent to an activating group) is 1. The zero-order valence-corrected chi connectivity index (χ0v) is 12.8. The average molecular weight is 278 g/mol. The summed E-state index contributed by atoms with van der Waals surface area (Å²) < 4.78 is 10.9. The molecule has 0 amide bonds. The molecule has 0 aromatic heterocycles. The summed E-state index contributed by atoms with van der Waals surface area (Å²) in [5.74, 6) is 1.03. The highest BCUT2D eigenvalue weighted by molar-refractivity contribution is 5.41. The molecule has 1 heterocycles. The molecular weight excluding hydrogens is 252 g/mol. The van der Waals surface area contributed by atoms with Crippen LogP contribution in [-0.2, 0) is 11.2 Å². The van der Waals surface area contributed by atoms with Crippen LogP contribution in [-0.4, -0.2) is 44.4 Å². The Balaban J connectivity index is 2.21. The van der Waals surface area contributed by atoms with Gasteiger partial charge in [0, 0.05) is 32.2 Å². The van der Waals surface area contributed by atoms with Crippen LogP contribution in [0.25, 0.3) is 0 Å². The Morgan fingerprint density at radius 2 is 2.25 bits per heavy atom. The highest BCUT2D eigenvalue weighted by Gasteiger charge is 2.24. The van der Waals surface area contributed by atoms with Gasteiger partial charge in [-0.15, -0.1) is 0 Å². The second-order valence-corrected chi connectivity index (χ2v) is 5.35. The lowest BCUT2D eigenvalue weighted by Gasteiger charge is -2.35. The van der Waals surface area contributed by atoms with Gasteiger partial charge >= 0.3 is 0 Å². The van der Waals surface area contributed by atoms with Crippen molar-refractivity contribution in [3.63, 3.8) is 0 Å². The SMILES string of the molecule is CCN(C(C)COC)C(CN)c1ccc2c(c1)CCO2.